The van der Waals surface area contributed by atoms with Crippen molar-refractivity contribution in [3.05, 3.63) is 94.0 Å². The predicted molar refractivity (Wildman–Crippen MR) is 113 cm³/mol. The highest BCUT2D eigenvalue weighted by molar-refractivity contribution is 6.02. The van der Waals surface area contributed by atoms with Crippen LogP contribution in [0.15, 0.2) is 60.7 Å². The fraction of sp³-hybridized carbons (Fsp3) is 0.269. The molecule has 3 aromatic rings. The molecule has 0 fully saturated rings. The maximum atomic E-state index is 13.9. The van der Waals surface area contributed by atoms with Gasteiger partial charge in [-0.1, -0.05) is 55.5 Å². The zero-order chi connectivity index (χ0) is 20.2. The average Bonchev–Trinajstić information content (AvgIpc) is 2.77. The number of methoxy groups -OCH3 is 2. The third-order valence-corrected chi connectivity index (χ3v) is 6.52. The molecule has 0 saturated carbocycles. The lowest BCUT2D eigenvalue weighted by Crippen LogP contribution is -2.47. The van der Waals surface area contributed by atoms with E-state index in [4.69, 9.17) is 9.47 Å². The molecule has 0 aliphatic heterocycles. The molecule has 0 amide bonds. The Labute approximate surface area is 171 Å². The van der Waals surface area contributed by atoms with Crippen molar-refractivity contribution < 1.29 is 14.3 Å². The molecule has 29 heavy (non-hydrogen) atoms. The van der Waals surface area contributed by atoms with Crippen molar-refractivity contribution in [1.82, 2.24) is 0 Å². The number of carbonyl (C=O) groups is 1. The van der Waals surface area contributed by atoms with E-state index in [1.807, 2.05) is 18.2 Å². The van der Waals surface area contributed by atoms with Crippen molar-refractivity contribution in [3.8, 4) is 11.5 Å². The molecule has 0 aromatic heterocycles. The minimum absolute atomic E-state index is 0.0912. The molecule has 2 bridgehead atoms. The number of hydrogen-bond donors (Lipinski definition) is 0. The maximum Gasteiger partial charge on any atom is 0.161 e. The SMILES string of the molecule is CCCC(=O)C12c3ccccc3C(c3ccccc31)c1cc(OC)c(OC)cc12. The summed E-state index contributed by atoms with van der Waals surface area (Å²) in [5.74, 6) is 1.70. The number of hydrogen-bond acceptors (Lipinski definition) is 3. The van der Waals surface area contributed by atoms with Crippen LogP contribution in [0.3, 0.4) is 0 Å². The molecule has 3 heteroatoms. The number of ether oxygens (including phenoxy) is 2. The zero-order valence-electron chi connectivity index (χ0n) is 17.0. The van der Waals surface area contributed by atoms with Gasteiger partial charge in [-0.15, -0.1) is 0 Å². The Morgan fingerprint density at radius 1 is 0.828 bits per heavy atom. The summed E-state index contributed by atoms with van der Waals surface area (Å²) in [6.45, 7) is 2.07. The van der Waals surface area contributed by atoms with Gasteiger partial charge in [-0.05, 0) is 51.9 Å². The molecular formula is C26H24O3. The Morgan fingerprint density at radius 3 is 1.93 bits per heavy atom. The second-order valence-corrected chi connectivity index (χ2v) is 7.83. The Kier molecular flexibility index (Phi) is 4.02. The van der Waals surface area contributed by atoms with Crippen LogP contribution in [-0.4, -0.2) is 20.0 Å². The molecule has 0 atom stereocenters. The number of carbonyl (C=O) groups excluding carboxylic acids is 1. The van der Waals surface area contributed by atoms with E-state index < -0.39 is 5.41 Å². The molecule has 3 nitrogen and oxygen atoms in total. The molecule has 0 radical (unpaired) electrons. The van der Waals surface area contributed by atoms with Gasteiger partial charge in [-0.3, -0.25) is 4.79 Å². The summed E-state index contributed by atoms with van der Waals surface area (Å²) >= 11 is 0. The Bertz CT molecular complexity index is 1080. The summed E-state index contributed by atoms with van der Waals surface area (Å²) in [6, 6.07) is 20.9. The highest BCUT2D eigenvalue weighted by atomic mass is 16.5. The Balaban J connectivity index is 1.95. The van der Waals surface area contributed by atoms with E-state index in [0.29, 0.717) is 17.9 Å². The van der Waals surface area contributed by atoms with Crippen LogP contribution in [0.2, 0.25) is 0 Å². The zero-order valence-corrected chi connectivity index (χ0v) is 17.0. The van der Waals surface area contributed by atoms with Gasteiger partial charge < -0.3 is 9.47 Å². The van der Waals surface area contributed by atoms with Crippen LogP contribution in [0, 0.1) is 0 Å². The standard InChI is InChI=1S/C26H24O3/c1-4-9-24(27)26-19-12-7-5-10-16(19)25(17-11-6-8-13-20(17)26)18-14-22(28-2)23(29-3)15-21(18)26/h5-8,10-15,25H,4,9H2,1-3H3. The van der Waals surface area contributed by atoms with Gasteiger partial charge in [0.1, 0.15) is 5.41 Å². The second-order valence-electron chi connectivity index (χ2n) is 7.83. The lowest BCUT2D eigenvalue weighted by molar-refractivity contribution is -0.122. The van der Waals surface area contributed by atoms with Crippen molar-refractivity contribution in [1.29, 1.82) is 0 Å². The van der Waals surface area contributed by atoms with Crippen molar-refractivity contribution in [3.63, 3.8) is 0 Å². The van der Waals surface area contributed by atoms with E-state index in [0.717, 1.165) is 28.7 Å². The molecule has 6 rings (SSSR count). The number of benzene rings is 3. The van der Waals surface area contributed by atoms with Gasteiger partial charge in [0, 0.05) is 12.3 Å². The third-order valence-electron chi connectivity index (χ3n) is 6.52. The van der Waals surface area contributed by atoms with Crippen molar-refractivity contribution in [2.45, 2.75) is 31.1 Å². The molecule has 3 aliphatic carbocycles. The monoisotopic (exact) mass is 384 g/mol. The number of ketones is 1. The summed E-state index contributed by atoms with van der Waals surface area (Å²) in [5, 5.41) is 0. The minimum atomic E-state index is -0.799. The van der Waals surface area contributed by atoms with Crippen molar-refractivity contribution >= 4 is 5.78 Å². The molecule has 3 aromatic carbocycles. The molecule has 0 unspecified atom stereocenters. The van der Waals surface area contributed by atoms with Crippen LogP contribution < -0.4 is 9.47 Å². The van der Waals surface area contributed by atoms with Gasteiger partial charge in [0.25, 0.3) is 0 Å². The minimum Gasteiger partial charge on any atom is -0.493 e. The first-order valence-electron chi connectivity index (χ1n) is 10.2. The molecule has 0 spiro atoms. The average molecular weight is 384 g/mol. The number of rotatable bonds is 5. The number of Topliss-reactive ketones (excluding diaryl/α,β-unsaturated/α-hetero) is 1. The summed E-state index contributed by atoms with van der Waals surface area (Å²) in [5.41, 5.74) is 6.04. The van der Waals surface area contributed by atoms with E-state index in [2.05, 4.69) is 49.4 Å². The highest BCUT2D eigenvalue weighted by Gasteiger charge is 2.55. The largest absolute Gasteiger partial charge is 0.493 e. The maximum absolute atomic E-state index is 13.9. The fourth-order valence-electron chi connectivity index (χ4n) is 5.44. The van der Waals surface area contributed by atoms with Crippen molar-refractivity contribution in [2.75, 3.05) is 14.2 Å². The molecule has 0 saturated heterocycles. The first kappa shape index (κ1) is 18.0. The van der Waals surface area contributed by atoms with Crippen LogP contribution in [0.25, 0.3) is 0 Å². The van der Waals surface area contributed by atoms with Crippen LogP contribution in [-0.2, 0) is 10.2 Å². The van der Waals surface area contributed by atoms with E-state index in [1.165, 1.54) is 11.1 Å². The summed E-state index contributed by atoms with van der Waals surface area (Å²) in [6.07, 6.45) is 1.35. The fourth-order valence-corrected chi connectivity index (χ4v) is 5.44. The Morgan fingerprint density at radius 2 is 1.38 bits per heavy atom. The first-order valence-corrected chi connectivity index (χ1v) is 10.2. The van der Waals surface area contributed by atoms with Crippen LogP contribution in [0.1, 0.15) is 59.1 Å². The third kappa shape index (κ3) is 2.16. The molecule has 0 heterocycles. The van der Waals surface area contributed by atoms with Gasteiger partial charge in [-0.25, -0.2) is 0 Å². The quantitative estimate of drug-likeness (QED) is 0.605. The second kappa shape index (κ2) is 6.48. The predicted octanol–water partition coefficient (Wildman–Crippen LogP) is 5.21. The summed E-state index contributed by atoms with van der Waals surface area (Å²) in [4.78, 5) is 13.9. The Hall–Kier alpha value is -3.07. The smallest absolute Gasteiger partial charge is 0.161 e. The highest BCUT2D eigenvalue weighted by Crippen LogP contribution is 2.61. The summed E-state index contributed by atoms with van der Waals surface area (Å²) < 4.78 is 11.3. The van der Waals surface area contributed by atoms with Gasteiger partial charge >= 0.3 is 0 Å². The summed E-state index contributed by atoms with van der Waals surface area (Å²) in [7, 11) is 3.30. The lowest BCUT2D eigenvalue weighted by Gasteiger charge is -2.50. The van der Waals surface area contributed by atoms with E-state index in [9.17, 15) is 4.79 Å². The van der Waals surface area contributed by atoms with E-state index in [1.54, 1.807) is 14.2 Å². The molecular weight excluding hydrogens is 360 g/mol. The first-order chi connectivity index (χ1) is 14.2. The van der Waals surface area contributed by atoms with Crippen LogP contribution in [0.4, 0.5) is 0 Å². The molecule has 0 N–H and O–H groups in total. The van der Waals surface area contributed by atoms with Gasteiger partial charge in [0.2, 0.25) is 0 Å². The van der Waals surface area contributed by atoms with Crippen LogP contribution >= 0.6 is 0 Å². The van der Waals surface area contributed by atoms with E-state index >= 15 is 0 Å². The van der Waals surface area contributed by atoms with E-state index in [-0.39, 0.29) is 11.7 Å². The normalized spacial score (nSPS) is 20.4. The van der Waals surface area contributed by atoms with Gasteiger partial charge in [0.15, 0.2) is 17.3 Å². The van der Waals surface area contributed by atoms with Crippen molar-refractivity contribution in [2.24, 2.45) is 0 Å². The molecule has 3 aliphatic rings. The van der Waals surface area contributed by atoms with Crippen LogP contribution in [0.5, 0.6) is 11.5 Å². The molecule has 146 valence electrons. The topological polar surface area (TPSA) is 35.5 Å². The van der Waals surface area contributed by atoms with Gasteiger partial charge in [-0.2, -0.15) is 0 Å². The van der Waals surface area contributed by atoms with Gasteiger partial charge in [0.05, 0.1) is 14.2 Å². The lowest BCUT2D eigenvalue weighted by atomic mass is 9.51.